The highest BCUT2D eigenvalue weighted by Gasteiger charge is 2.22. The topological polar surface area (TPSA) is 105 Å². The molecule has 0 radical (unpaired) electrons. The molecule has 148 valence electrons. The molecule has 3 heterocycles. The maximum Gasteiger partial charge on any atom is 0.139 e. The summed E-state index contributed by atoms with van der Waals surface area (Å²) in [6.07, 6.45) is 9.91. The lowest BCUT2D eigenvalue weighted by molar-refractivity contribution is 0.411. The molecule has 7 nitrogen and oxygen atoms in total. The van der Waals surface area contributed by atoms with E-state index in [2.05, 4.69) is 43.6 Å². The van der Waals surface area contributed by atoms with Crippen molar-refractivity contribution in [3.63, 3.8) is 0 Å². The number of hydrogen-bond acceptors (Lipinski definition) is 6. The van der Waals surface area contributed by atoms with Crippen molar-refractivity contribution >= 4 is 22.5 Å². The van der Waals surface area contributed by atoms with Crippen molar-refractivity contribution in [1.29, 1.82) is 0 Å². The van der Waals surface area contributed by atoms with Crippen molar-refractivity contribution in [3.05, 3.63) is 30.4 Å². The quantitative estimate of drug-likeness (QED) is 0.521. The molecule has 0 bridgehead atoms. The van der Waals surface area contributed by atoms with E-state index in [4.69, 9.17) is 5.73 Å². The fourth-order valence-corrected chi connectivity index (χ4v) is 3.99. The summed E-state index contributed by atoms with van der Waals surface area (Å²) in [5.41, 5.74) is 11.2. The third kappa shape index (κ3) is 3.80. The van der Waals surface area contributed by atoms with Crippen molar-refractivity contribution < 1.29 is 0 Å². The SMILES string of the molecule is CCCc1cc2c(NC3CCC(N)CC3)c(-c3cc(NC)ncn3)cnc2[nH]1. The van der Waals surface area contributed by atoms with E-state index >= 15 is 0 Å². The van der Waals surface area contributed by atoms with Gasteiger partial charge >= 0.3 is 0 Å². The lowest BCUT2D eigenvalue weighted by Gasteiger charge is -2.28. The first-order chi connectivity index (χ1) is 13.7. The number of nitrogens with two attached hydrogens (primary N) is 1. The van der Waals surface area contributed by atoms with Crippen molar-refractivity contribution in [1.82, 2.24) is 19.9 Å². The number of rotatable bonds is 6. The van der Waals surface area contributed by atoms with E-state index in [0.717, 1.165) is 72.3 Å². The monoisotopic (exact) mass is 379 g/mol. The minimum Gasteiger partial charge on any atom is -0.381 e. The van der Waals surface area contributed by atoms with Gasteiger partial charge in [-0.15, -0.1) is 0 Å². The van der Waals surface area contributed by atoms with Crippen LogP contribution in [-0.2, 0) is 6.42 Å². The van der Waals surface area contributed by atoms with Gasteiger partial charge in [0.2, 0.25) is 0 Å². The first kappa shape index (κ1) is 18.7. The Kier molecular flexibility index (Phi) is 5.43. The third-order valence-corrected chi connectivity index (χ3v) is 5.55. The number of hydrogen-bond donors (Lipinski definition) is 4. The number of aromatic nitrogens is 4. The summed E-state index contributed by atoms with van der Waals surface area (Å²) in [4.78, 5) is 16.9. The Hall–Kier alpha value is -2.67. The summed E-state index contributed by atoms with van der Waals surface area (Å²) in [6.45, 7) is 2.19. The van der Waals surface area contributed by atoms with Crippen LogP contribution in [0.25, 0.3) is 22.3 Å². The van der Waals surface area contributed by atoms with Gasteiger partial charge in [-0.2, -0.15) is 0 Å². The number of aryl methyl sites for hydroxylation is 1. The van der Waals surface area contributed by atoms with Crippen molar-refractivity contribution in [2.24, 2.45) is 5.73 Å². The fourth-order valence-electron chi connectivity index (χ4n) is 3.99. The molecule has 28 heavy (non-hydrogen) atoms. The zero-order valence-corrected chi connectivity index (χ0v) is 16.6. The normalized spacial score (nSPS) is 19.7. The smallest absolute Gasteiger partial charge is 0.139 e. The molecule has 0 amide bonds. The van der Waals surface area contributed by atoms with Crippen molar-refractivity contribution in [3.8, 4) is 11.3 Å². The molecule has 0 atom stereocenters. The molecular weight excluding hydrogens is 350 g/mol. The van der Waals surface area contributed by atoms with Crippen molar-refractivity contribution in [2.75, 3.05) is 17.7 Å². The highest BCUT2D eigenvalue weighted by atomic mass is 15.0. The minimum absolute atomic E-state index is 0.332. The zero-order chi connectivity index (χ0) is 19.5. The zero-order valence-electron chi connectivity index (χ0n) is 16.6. The molecule has 0 saturated heterocycles. The number of aromatic amines is 1. The van der Waals surface area contributed by atoms with Gasteiger partial charge in [0.05, 0.1) is 11.4 Å². The summed E-state index contributed by atoms with van der Waals surface area (Å²) in [7, 11) is 1.86. The Morgan fingerprint density at radius 3 is 2.71 bits per heavy atom. The Balaban J connectivity index is 1.78. The average Bonchev–Trinajstić information content (AvgIpc) is 3.13. The first-order valence-electron chi connectivity index (χ1n) is 10.2. The van der Waals surface area contributed by atoms with E-state index in [1.165, 1.54) is 5.69 Å². The van der Waals surface area contributed by atoms with Crippen LogP contribution in [0, 0.1) is 0 Å². The van der Waals surface area contributed by atoms with E-state index in [1.807, 2.05) is 19.3 Å². The molecule has 3 aromatic heterocycles. The highest BCUT2D eigenvalue weighted by molar-refractivity contribution is 5.98. The fraction of sp³-hybridized carbons (Fsp3) is 0.476. The average molecular weight is 380 g/mol. The van der Waals surface area contributed by atoms with E-state index in [0.29, 0.717) is 12.1 Å². The maximum absolute atomic E-state index is 6.10. The van der Waals surface area contributed by atoms with Gasteiger partial charge in [0.25, 0.3) is 0 Å². The van der Waals surface area contributed by atoms with Gasteiger partial charge in [-0.25, -0.2) is 15.0 Å². The van der Waals surface area contributed by atoms with Gasteiger partial charge in [0.1, 0.15) is 17.8 Å². The number of anilines is 2. The second kappa shape index (κ2) is 8.14. The summed E-state index contributed by atoms with van der Waals surface area (Å²) >= 11 is 0. The maximum atomic E-state index is 6.10. The molecule has 1 aliphatic carbocycles. The van der Waals surface area contributed by atoms with Crippen LogP contribution in [0.2, 0.25) is 0 Å². The third-order valence-electron chi connectivity index (χ3n) is 5.55. The second-order valence-electron chi connectivity index (χ2n) is 7.65. The second-order valence-corrected chi connectivity index (χ2v) is 7.65. The van der Waals surface area contributed by atoms with E-state index < -0.39 is 0 Å². The number of nitrogens with zero attached hydrogens (tertiary/aromatic N) is 3. The van der Waals surface area contributed by atoms with Gasteiger partial charge in [-0.3, -0.25) is 0 Å². The van der Waals surface area contributed by atoms with E-state index in [-0.39, 0.29) is 0 Å². The van der Waals surface area contributed by atoms with Crippen LogP contribution in [0.3, 0.4) is 0 Å². The van der Waals surface area contributed by atoms with Gasteiger partial charge in [0, 0.05) is 48.0 Å². The summed E-state index contributed by atoms with van der Waals surface area (Å²) in [5, 5.41) is 8.02. The number of nitrogens with one attached hydrogen (secondary N) is 3. The van der Waals surface area contributed by atoms with Crippen LogP contribution in [0.1, 0.15) is 44.7 Å². The predicted octanol–water partition coefficient (Wildman–Crippen LogP) is 3.70. The highest BCUT2D eigenvalue weighted by Crippen LogP contribution is 2.35. The van der Waals surface area contributed by atoms with Gasteiger partial charge in [-0.05, 0) is 38.2 Å². The van der Waals surface area contributed by atoms with Crippen molar-refractivity contribution in [2.45, 2.75) is 57.5 Å². The van der Waals surface area contributed by atoms with Crippen LogP contribution < -0.4 is 16.4 Å². The molecule has 1 saturated carbocycles. The van der Waals surface area contributed by atoms with E-state index in [9.17, 15) is 0 Å². The standard InChI is InChI=1S/C21H29N7/c1-3-4-15-9-16-20(27-14-7-5-13(22)6-8-14)17(11-24-21(16)28-15)18-10-19(23-2)26-12-25-18/h9-14H,3-8,22H2,1-2H3,(H,23,25,26)(H2,24,27,28). The van der Waals surface area contributed by atoms with Gasteiger partial charge < -0.3 is 21.4 Å². The lowest BCUT2D eigenvalue weighted by atomic mass is 9.91. The van der Waals surface area contributed by atoms with Crippen LogP contribution in [-0.4, -0.2) is 39.1 Å². The number of fused-ring (bicyclic) bond motifs is 1. The molecule has 5 N–H and O–H groups in total. The minimum atomic E-state index is 0.332. The molecule has 1 aliphatic rings. The van der Waals surface area contributed by atoms with E-state index in [1.54, 1.807) is 6.33 Å². The first-order valence-corrected chi connectivity index (χ1v) is 10.2. The molecular formula is C21H29N7. The Morgan fingerprint density at radius 1 is 1.14 bits per heavy atom. The summed E-state index contributed by atoms with van der Waals surface area (Å²) in [5.74, 6) is 0.792. The summed E-state index contributed by atoms with van der Waals surface area (Å²) in [6, 6.07) is 4.94. The van der Waals surface area contributed by atoms with Crippen LogP contribution in [0.4, 0.5) is 11.5 Å². The largest absolute Gasteiger partial charge is 0.381 e. The molecule has 4 rings (SSSR count). The number of H-pyrrole nitrogens is 1. The molecule has 0 aromatic carbocycles. The molecule has 0 spiro atoms. The molecule has 0 unspecified atom stereocenters. The lowest BCUT2D eigenvalue weighted by Crippen LogP contribution is -2.33. The van der Waals surface area contributed by atoms with Crippen LogP contribution in [0.15, 0.2) is 24.7 Å². The predicted molar refractivity (Wildman–Crippen MR) is 115 cm³/mol. The number of pyridine rings is 1. The molecule has 3 aromatic rings. The van der Waals surface area contributed by atoms with Gasteiger partial charge in [0.15, 0.2) is 0 Å². The van der Waals surface area contributed by atoms with Crippen LogP contribution in [0.5, 0.6) is 0 Å². The van der Waals surface area contributed by atoms with Crippen LogP contribution >= 0.6 is 0 Å². The summed E-state index contributed by atoms with van der Waals surface area (Å²) < 4.78 is 0. The molecule has 0 aliphatic heterocycles. The Morgan fingerprint density at radius 2 is 1.96 bits per heavy atom. The Bertz CT molecular complexity index is 941. The van der Waals surface area contributed by atoms with Gasteiger partial charge in [-0.1, -0.05) is 13.3 Å². The molecule has 1 fully saturated rings. The molecule has 7 heteroatoms. The Labute approximate surface area is 165 Å².